The first-order valence-electron chi connectivity index (χ1n) is 12.0. The van der Waals surface area contributed by atoms with Crippen molar-refractivity contribution < 1.29 is 9.53 Å². The molecule has 0 N–H and O–H groups in total. The van der Waals surface area contributed by atoms with E-state index in [-0.39, 0.29) is 11.5 Å². The molecule has 0 saturated carbocycles. The van der Waals surface area contributed by atoms with Crippen LogP contribution in [0.1, 0.15) is 44.9 Å². The van der Waals surface area contributed by atoms with E-state index in [1.807, 2.05) is 17.0 Å². The lowest BCUT2D eigenvalue weighted by Crippen LogP contribution is -2.52. The molecule has 2 fully saturated rings. The number of piperidine rings is 2. The summed E-state index contributed by atoms with van der Waals surface area (Å²) in [7, 11) is 1.68. The van der Waals surface area contributed by atoms with Gasteiger partial charge in [0.05, 0.1) is 12.0 Å². The zero-order chi connectivity index (χ0) is 22.3. The summed E-state index contributed by atoms with van der Waals surface area (Å²) in [6.07, 6.45) is 7.22. The molecule has 1 aromatic carbocycles. The van der Waals surface area contributed by atoms with Crippen LogP contribution >= 0.6 is 0 Å². The molecule has 8 nitrogen and oxygen atoms in total. The van der Waals surface area contributed by atoms with Crippen molar-refractivity contribution in [3.05, 3.63) is 34.6 Å². The minimum atomic E-state index is -0.154. The zero-order valence-corrected chi connectivity index (χ0v) is 19.1. The van der Waals surface area contributed by atoms with E-state index in [2.05, 4.69) is 15.2 Å². The molecule has 4 rings (SSSR count). The highest BCUT2D eigenvalue weighted by atomic mass is 16.5. The fourth-order valence-electron chi connectivity index (χ4n) is 5.30. The Morgan fingerprint density at radius 1 is 1.19 bits per heavy atom. The van der Waals surface area contributed by atoms with Crippen molar-refractivity contribution in [2.45, 2.75) is 57.5 Å². The van der Waals surface area contributed by atoms with Gasteiger partial charge in [-0.05, 0) is 63.2 Å². The SMILES string of the molecule is COCCN(C[C@H]1CCCN2CCCC[C@@H]12)C(=O)CCCn1nnc2ccccc2c1=O. The minimum Gasteiger partial charge on any atom is -0.383 e. The van der Waals surface area contributed by atoms with Crippen molar-refractivity contribution in [3.8, 4) is 0 Å². The number of carbonyl (C=O) groups excluding carboxylic acids is 1. The third-order valence-corrected chi connectivity index (χ3v) is 6.99. The van der Waals surface area contributed by atoms with E-state index in [1.54, 1.807) is 19.2 Å². The van der Waals surface area contributed by atoms with Crippen LogP contribution in [0.15, 0.2) is 29.1 Å². The standard InChI is InChI=1S/C24H35N5O3/c1-32-17-16-28(18-19-8-6-14-27-13-5-4-11-22(19)27)23(30)12-7-15-29-24(31)20-9-2-3-10-21(20)25-26-29/h2-3,9-10,19,22H,4-8,11-18H2,1H3/t19-,22+/m1/s1. The summed E-state index contributed by atoms with van der Waals surface area (Å²) in [6.45, 7) is 4.76. The summed E-state index contributed by atoms with van der Waals surface area (Å²) in [4.78, 5) is 30.4. The van der Waals surface area contributed by atoms with Crippen LogP contribution in [0.5, 0.6) is 0 Å². The first-order valence-corrected chi connectivity index (χ1v) is 12.0. The molecular formula is C24H35N5O3. The smallest absolute Gasteiger partial charge is 0.277 e. The summed E-state index contributed by atoms with van der Waals surface area (Å²) >= 11 is 0. The van der Waals surface area contributed by atoms with Gasteiger partial charge < -0.3 is 14.5 Å². The summed E-state index contributed by atoms with van der Waals surface area (Å²) in [6, 6.07) is 7.82. The van der Waals surface area contributed by atoms with Crippen molar-refractivity contribution in [1.82, 2.24) is 24.8 Å². The van der Waals surface area contributed by atoms with Gasteiger partial charge >= 0.3 is 0 Å². The number of aromatic nitrogens is 3. The highest BCUT2D eigenvalue weighted by Crippen LogP contribution is 2.31. The van der Waals surface area contributed by atoms with Crippen molar-refractivity contribution in [3.63, 3.8) is 0 Å². The molecule has 2 saturated heterocycles. The molecule has 0 unspecified atom stereocenters. The van der Waals surface area contributed by atoms with Gasteiger partial charge in [0.1, 0.15) is 5.52 Å². The second-order valence-corrected chi connectivity index (χ2v) is 9.07. The average molecular weight is 442 g/mol. The van der Waals surface area contributed by atoms with Gasteiger partial charge in [-0.25, -0.2) is 4.68 Å². The molecular weight excluding hydrogens is 406 g/mol. The lowest BCUT2D eigenvalue weighted by atomic mass is 9.83. The maximum absolute atomic E-state index is 13.1. The minimum absolute atomic E-state index is 0.136. The molecule has 2 aromatic rings. The van der Waals surface area contributed by atoms with Crippen LogP contribution in [0.4, 0.5) is 0 Å². The third kappa shape index (κ3) is 5.35. The predicted octanol–water partition coefficient (Wildman–Crippen LogP) is 2.31. The van der Waals surface area contributed by atoms with E-state index in [9.17, 15) is 9.59 Å². The highest BCUT2D eigenvalue weighted by Gasteiger charge is 2.34. The van der Waals surface area contributed by atoms with Gasteiger partial charge in [0.2, 0.25) is 5.91 Å². The molecule has 2 atom stereocenters. The summed E-state index contributed by atoms with van der Waals surface area (Å²) < 4.78 is 6.65. The molecule has 1 aromatic heterocycles. The number of ether oxygens (including phenoxy) is 1. The Morgan fingerprint density at radius 2 is 2.03 bits per heavy atom. The van der Waals surface area contributed by atoms with Crippen LogP contribution in [-0.2, 0) is 16.1 Å². The largest absolute Gasteiger partial charge is 0.383 e. The van der Waals surface area contributed by atoms with Crippen LogP contribution < -0.4 is 5.56 Å². The third-order valence-electron chi connectivity index (χ3n) is 6.99. The monoisotopic (exact) mass is 441 g/mol. The van der Waals surface area contributed by atoms with E-state index < -0.39 is 0 Å². The summed E-state index contributed by atoms with van der Waals surface area (Å²) in [5, 5.41) is 8.73. The topological polar surface area (TPSA) is 80.6 Å². The van der Waals surface area contributed by atoms with E-state index in [4.69, 9.17) is 4.74 Å². The van der Waals surface area contributed by atoms with E-state index in [0.717, 1.165) is 6.54 Å². The molecule has 2 aliphatic heterocycles. The number of nitrogens with zero attached hydrogens (tertiary/aromatic N) is 5. The Bertz CT molecular complexity index is 960. The summed E-state index contributed by atoms with van der Waals surface area (Å²) in [5.74, 6) is 0.676. The Kier molecular flexibility index (Phi) is 7.86. The van der Waals surface area contributed by atoms with Crippen molar-refractivity contribution >= 4 is 16.8 Å². The molecule has 1 amide bonds. The van der Waals surface area contributed by atoms with Gasteiger partial charge in [-0.15, -0.1) is 5.10 Å². The Hall–Kier alpha value is -2.32. The van der Waals surface area contributed by atoms with Crippen LogP contribution in [0.25, 0.3) is 10.9 Å². The molecule has 0 aliphatic carbocycles. The quantitative estimate of drug-likeness (QED) is 0.594. The Balaban J connectivity index is 1.35. The van der Waals surface area contributed by atoms with Crippen LogP contribution in [0.3, 0.4) is 0 Å². The number of aryl methyl sites for hydroxylation is 1. The number of benzene rings is 1. The zero-order valence-electron chi connectivity index (χ0n) is 19.1. The number of carbonyl (C=O) groups is 1. The lowest BCUT2D eigenvalue weighted by molar-refractivity contribution is -0.133. The number of rotatable bonds is 9. The van der Waals surface area contributed by atoms with Gasteiger partial charge in [-0.1, -0.05) is 23.8 Å². The van der Waals surface area contributed by atoms with Gasteiger partial charge in [-0.3, -0.25) is 9.59 Å². The summed E-state index contributed by atoms with van der Waals surface area (Å²) in [5.41, 5.74) is 0.443. The predicted molar refractivity (Wildman–Crippen MR) is 123 cm³/mol. The van der Waals surface area contributed by atoms with Gasteiger partial charge in [0.15, 0.2) is 0 Å². The molecule has 0 spiro atoms. The molecule has 8 heteroatoms. The number of hydrogen-bond acceptors (Lipinski definition) is 6. The second kappa shape index (κ2) is 11.0. The lowest BCUT2D eigenvalue weighted by Gasteiger charge is -2.45. The van der Waals surface area contributed by atoms with Crippen LogP contribution in [0.2, 0.25) is 0 Å². The van der Waals surface area contributed by atoms with Gasteiger partial charge in [0.25, 0.3) is 5.56 Å². The number of fused-ring (bicyclic) bond motifs is 2. The van der Waals surface area contributed by atoms with Crippen LogP contribution in [-0.4, -0.2) is 76.6 Å². The maximum Gasteiger partial charge on any atom is 0.277 e. The molecule has 0 radical (unpaired) electrons. The molecule has 174 valence electrons. The van der Waals surface area contributed by atoms with Gasteiger partial charge in [-0.2, -0.15) is 0 Å². The average Bonchev–Trinajstić information content (AvgIpc) is 2.83. The molecule has 0 bridgehead atoms. The first-order chi connectivity index (χ1) is 15.7. The Morgan fingerprint density at radius 3 is 2.91 bits per heavy atom. The molecule has 32 heavy (non-hydrogen) atoms. The number of amides is 1. The van der Waals surface area contributed by atoms with E-state index in [1.165, 1.54) is 49.9 Å². The normalized spacial score (nSPS) is 21.4. The van der Waals surface area contributed by atoms with Crippen molar-refractivity contribution in [1.29, 1.82) is 0 Å². The van der Waals surface area contributed by atoms with Gasteiger partial charge in [0, 0.05) is 39.2 Å². The Labute approximate surface area is 189 Å². The molecule has 3 heterocycles. The fraction of sp³-hybridized carbons (Fsp3) is 0.667. The first kappa shape index (κ1) is 22.9. The highest BCUT2D eigenvalue weighted by molar-refractivity contribution is 5.77. The number of hydrogen-bond donors (Lipinski definition) is 0. The maximum atomic E-state index is 13.1. The van der Waals surface area contributed by atoms with Crippen molar-refractivity contribution in [2.75, 3.05) is 39.9 Å². The van der Waals surface area contributed by atoms with E-state index in [0.29, 0.717) is 55.4 Å². The van der Waals surface area contributed by atoms with Crippen molar-refractivity contribution in [2.24, 2.45) is 5.92 Å². The van der Waals surface area contributed by atoms with Crippen LogP contribution in [0, 0.1) is 5.92 Å². The fourth-order valence-corrected chi connectivity index (χ4v) is 5.30. The number of methoxy groups -OCH3 is 1. The van der Waals surface area contributed by atoms with E-state index >= 15 is 0 Å². The second-order valence-electron chi connectivity index (χ2n) is 9.07. The molecule has 2 aliphatic rings.